The molecule has 1 aliphatic rings. The Morgan fingerprint density at radius 1 is 1.29 bits per heavy atom. The summed E-state index contributed by atoms with van der Waals surface area (Å²) in [6.07, 6.45) is -0.657. The van der Waals surface area contributed by atoms with E-state index in [4.69, 9.17) is 5.11 Å². The van der Waals surface area contributed by atoms with E-state index in [1.165, 1.54) is 0 Å². The molecule has 2 N–H and O–H groups in total. The summed E-state index contributed by atoms with van der Waals surface area (Å²) in [6, 6.07) is 0. The third-order valence-corrected chi connectivity index (χ3v) is 5.81. The predicted molar refractivity (Wildman–Crippen MR) is 57.4 cm³/mol. The molecule has 1 aliphatic heterocycles. The van der Waals surface area contributed by atoms with E-state index < -0.39 is 49.8 Å². The molecule has 0 spiro atoms. The third-order valence-electron chi connectivity index (χ3n) is 2.64. The molecular formula is C7H13NO7S2. The van der Waals surface area contributed by atoms with Gasteiger partial charge in [0.05, 0.1) is 12.4 Å². The van der Waals surface area contributed by atoms with E-state index in [2.05, 4.69) is 0 Å². The van der Waals surface area contributed by atoms with Crippen LogP contribution in [0.15, 0.2) is 0 Å². The van der Waals surface area contributed by atoms with Crippen LogP contribution < -0.4 is 0 Å². The van der Waals surface area contributed by atoms with Crippen molar-refractivity contribution in [2.45, 2.75) is 17.4 Å². The van der Waals surface area contributed by atoms with Crippen molar-refractivity contribution in [1.82, 2.24) is 4.31 Å². The second kappa shape index (κ2) is 3.90. The number of sulfone groups is 1. The average Bonchev–Trinajstić information content (AvgIpc) is 2.41. The van der Waals surface area contributed by atoms with Crippen LogP contribution >= 0.6 is 0 Å². The molecule has 1 rings (SSSR count). The number of carboxylic acids is 1. The van der Waals surface area contributed by atoms with Gasteiger partial charge in [-0.05, 0) is 0 Å². The molecule has 0 radical (unpaired) electrons. The summed E-state index contributed by atoms with van der Waals surface area (Å²) in [4.78, 5) is 8.57. The first-order chi connectivity index (χ1) is 7.43. The summed E-state index contributed by atoms with van der Waals surface area (Å²) in [5, 5.41) is 18.4. The summed E-state index contributed by atoms with van der Waals surface area (Å²) < 4.78 is 46.4. The number of rotatable bonds is 3. The van der Waals surface area contributed by atoms with Gasteiger partial charge in [0.15, 0.2) is 9.84 Å². The minimum Gasteiger partial charge on any atom is -0.479 e. The van der Waals surface area contributed by atoms with Crippen LogP contribution in [0.5, 0.6) is 0 Å². The predicted octanol–water partition coefficient (Wildman–Crippen LogP) is -2.16. The van der Waals surface area contributed by atoms with Gasteiger partial charge in [0.25, 0.3) is 0 Å². The quantitative estimate of drug-likeness (QED) is 0.604. The summed E-state index contributed by atoms with van der Waals surface area (Å²) in [7, 11) is -8.30. The molecule has 17 heavy (non-hydrogen) atoms. The Bertz CT molecular complexity index is 537. The van der Waals surface area contributed by atoms with Gasteiger partial charge in [-0.3, -0.25) is 0 Å². The zero-order valence-electron chi connectivity index (χ0n) is 9.19. The van der Waals surface area contributed by atoms with Gasteiger partial charge in [-0.25, -0.2) is 21.6 Å². The number of sulfonamides is 1. The molecule has 0 aliphatic carbocycles. The van der Waals surface area contributed by atoms with Crippen molar-refractivity contribution in [3.05, 3.63) is 0 Å². The molecule has 0 saturated carbocycles. The van der Waals surface area contributed by atoms with Crippen LogP contribution in [0, 0.1) is 0 Å². The smallest absolute Gasteiger partial charge is 0.341 e. The molecule has 0 aromatic rings. The zero-order valence-corrected chi connectivity index (χ0v) is 10.8. The van der Waals surface area contributed by atoms with Crippen LogP contribution in [0.4, 0.5) is 0 Å². The highest BCUT2D eigenvalue weighted by molar-refractivity contribution is 7.94. The summed E-state index contributed by atoms with van der Waals surface area (Å²) in [6.45, 7) is -0.543. The highest BCUT2D eigenvalue weighted by Crippen LogP contribution is 2.36. The van der Waals surface area contributed by atoms with Gasteiger partial charge in [-0.15, -0.1) is 0 Å². The molecule has 10 heteroatoms. The SMILES string of the molecule is CS(=O)(=O)N1CC(O)C[C@]1(C(=O)O)S(C)(=O)=O. The number of β-amino-alcohol motifs (C(OH)–C–C–N with tert-alkyl or cyclic N) is 1. The van der Waals surface area contributed by atoms with Gasteiger partial charge >= 0.3 is 5.97 Å². The van der Waals surface area contributed by atoms with E-state index in [0.29, 0.717) is 16.8 Å². The van der Waals surface area contributed by atoms with Gasteiger partial charge < -0.3 is 10.2 Å². The van der Waals surface area contributed by atoms with Crippen molar-refractivity contribution in [3.8, 4) is 0 Å². The lowest BCUT2D eigenvalue weighted by Gasteiger charge is -2.30. The lowest BCUT2D eigenvalue weighted by molar-refractivity contribution is -0.142. The molecule has 2 atom stereocenters. The van der Waals surface area contributed by atoms with E-state index in [9.17, 15) is 26.7 Å². The van der Waals surface area contributed by atoms with Gasteiger partial charge in [0.1, 0.15) is 0 Å². The highest BCUT2D eigenvalue weighted by atomic mass is 32.2. The number of carboxylic acid groups (broad SMARTS) is 1. The maximum atomic E-state index is 11.6. The molecule has 0 aromatic heterocycles. The standard InChI is InChI=1S/C7H13NO7S2/c1-16(12,13)7(6(10)11)3-5(9)4-8(7)17(2,14)15/h5,9H,3-4H2,1-2H3,(H,10,11)/t5?,7-/m1/s1. The van der Waals surface area contributed by atoms with E-state index in [1.807, 2.05) is 0 Å². The Hall–Kier alpha value is -0.710. The van der Waals surface area contributed by atoms with Crippen LogP contribution in [0.1, 0.15) is 6.42 Å². The number of hydrogen-bond acceptors (Lipinski definition) is 6. The van der Waals surface area contributed by atoms with Crippen molar-refractivity contribution in [3.63, 3.8) is 0 Å². The molecule has 1 fully saturated rings. The molecular weight excluding hydrogens is 274 g/mol. The van der Waals surface area contributed by atoms with Crippen LogP contribution in [0.2, 0.25) is 0 Å². The number of aliphatic hydroxyl groups is 1. The molecule has 0 amide bonds. The monoisotopic (exact) mass is 287 g/mol. The maximum absolute atomic E-state index is 11.6. The summed E-state index contributed by atoms with van der Waals surface area (Å²) in [5.41, 5.74) is 0. The number of aliphatic hydroxyl groups excluding tert-OH is 1. The first-order valence-electron chi connectivity index (χ1n) is 4.52. The van der Waals surface area contributed by atoms with E-state index in [-0.39, 0.29) is 0 Å². The van der Waals surface area contributed by atoms with E-state index in [0.717, 1.165) is 0 Å². The van der Waals surface area contributed by atoms with Crippen molar-refractivity contribution < 1.29 is 31.8 Å². The average molecular weight is 287 g/mol. The lowest BCUT2D eigenvalue weighted by Crippen LogP contribution is -2.57. The number of carbonyl (C=O) groups is 1. The Balaban J connectivity index is 3.55. The Morgan fingerprint density at radius 2 is 1.76 bits per heavy atom. The topological polar surface area (TPSA) is 129 Å². The molecule has 100 valence electrons. The van der Waals surface area contributed by atoms with E-state index >= 15 is 0 Å². The Kier molecular flexibility index (Phi) is 3.29. The highest BCUT2D eigenvalue weighted by Gasteiger charge is 2.62. The van der Waals surface area contributed by atoms with Gasteiger partial charge in [-0.1, -0.05) is 0 Å². The minimum atomic E-state index is -4.24. The second-order valence-corrected chi connectivity index (χ2v) is 8.14. The fourth-order valence-electron chi connectivity index (χ4n) is 1.92. The number of aliphatic carboxylic acids is 1. The van der Waals surface area contributed by atoms with Crippen molar-refractivity contribution in [2.24, 2.45) is 0 Å². The van der Waals surface area contributed by atoms with Gasteiger partial charge in [0, 0.05) is 19.2 Å². The summed E-state index contributed by atoms with van der Waals surface area (Å²) >= 11 is 0. The van der Waals surface area contributed by atoms with E-state index in [1.54, 1.807) is 0 Å². The molecule has 1 saturated heterocycles. The third kappa shape index (κ3) is 2.17. The van der Waals surface area contributed by atoms with Crippen molar-refractivity contribution >= 4 is 25.8 Å². The van der Waals surface area contributed by atoms with Crippen LogP contribution in [0.25, 0.3) is 0 Å². The second-order valence-electron chi connectivity index (χ2n) is 4.01. The Morgan fingerprint density at radius 3 is 2.00 bits per heavy atom. The first kappa shape index (κ1) is 14.4. The largest absolute Gasteiger partial charge is 0.479 e. The lowest BCUT2D eigenvalue weighted by atomic mass is 10.2. The molecule has 0 aromatic carbocycles. The maximum Gasteiger partial charge on any atom is 0.341 e. The normalized spacial score (nSPS) is 31.6. The Labute approximate surface area is 98.8 Å². The van der Waals surface area contributed by atoms with Crippen LogP contribution in [-0.4, -0.2) is 67.4 Å². The fraction of sp³-hybridized carbons (Fsp3) is 0.857. The van der Waals surface area contributed by atoms with Crippen LogP contribution in [0.3, 0.4) is 0 Å². The van der Waals surface area contributed by atoms with Crippen molar-refractivity contribution in [2.75, 3.05) is 19.1 Å². The van der Waals surface area contributed by atoms with Crippen LogP contribution in [-0.2, 0) is 24.7 Å². The fourth-order valence-corrected chi connectivity index (χ4v) is 5.12. The van der Waals surface area contributed by atoms with Gasteiger partial charge in [-0.2, -0.15) is 4.31 Å². The molecule has 8 nitrogen and oxygen atoms in total. The number of hydrogen-bond donors (Lipinski definition) is 2. The summed E-state index contributed by atoms with van der Waals surface area (Å²) in [5.74, 6) is -1.80. The molecule has 1 heterocycles. The molecule has 0 bridgehead atoms. The van der Waals surface area contributed by atoms with Gasteiger partial charge in [0.2, 0.25) is 14.9 Å². The zero-order chi connectivity index (χ0) is 13.6. The minimum absolute atomic E-state index is 0.322. The van der Waals surface area contributed by atoms with Crippen molar-refractivity contribution in [1.29, 1.82) is 0 Å². The number of nitrogens with zero attached hydrogens (tertiary/aromatic N) is 1. The molecule has 1 unspecified atom stereocenters. The first-order valence-corrected chi connectivity index (χ1v) is 8.26.